The summed E-state index contributed by atoms with van der Waals surface area (Å²) in [4.78, 5) is 0. The Labute approximate surface area is 540 Å². The molecule has 4 heterocycles. The van der Waals surface area contributed by atoms with Crippen molar-refractivity contribution in [3.8, 4) is 23.0 Å². The Morgan fingerprint density at radius 3 is 0.753 bits per heavy atom. The summed E-state index contributed by atoms with van der Waals surface area (Å²) in [5, 5.41) is 16.6. The molecule has 0 N–H and O–H groups in total. The topological polar surface area (TPSA) is 36.9 Å². The van der Waals surface area contributed by atoms with Crippen molar-refractivity contribution in [1.82, 2.24) is 0 Å². The second-order valence-electron chi connectivity index (χ2n) is 24.6. The fourth-order valence-corrected chi connectivity index (χ4v) is 16.8. The zero-order valence-electron chi connectivity index (χ0n) is 53.6. The Balaban J connectivity index is 0.000000244. The van der Waals surface area contributed by atoms with Crippen LogP contribution in [-0.2, 0) is 0 Å². The molecule has 0 bridgehead atoms. The third-order valence-corrected chi connectivity index (χ3v) is 21.9. The summed E-state index contributed by atoms with van der Waals surface area (Å²) in [5.41, 5.74) is 0. The molecule has 0 radical (unpaired) electrons. The smallest absolute Gasteiger partial charge is 0.129 e. The highest BCUT2D eigenvalue weighted by atomic mass is 79.9. The van der Waals surface area contributed by atoms with Crippen LogP contribution < -0.4 is 18.9 Å². The number of benzene rings is 4. The van der Waals surface area contributed by atoms with Crippen LogP contribution in [0.3, 0.4) is 0 Å². The van der Waals surface area contributed by atoms with E-state index < -0.39 is 0 Å². The van der Waals surface area contributed by atoms with Gasteiger partial charge in [0.2, 0.25) is 0 Å². The van der Waals surface area contributed by atoms with E-state index in [9.17, 15) is 0 Å². The summed E-state index contributed by atoms with van der Waals surface area (Å²) >= 11 is 11.0. The number of halogens is 1. The average Bonchev–Trinajstić information content (AvgIpc) is 2.38. The van der Waals surface area contributed by atoms with Crippen LogP contribution in [0.1, 0.15) is 285 Å². The Morgan fingerprint density at radius 2 is 0.494 bits per heavy atom. The van der Waals surface area contributed by atoms with Crippen molar-refractivity contribution in [2.45, 2.75) is 285 Å². The van der Waals surface area contributed by atoms with E-state index in [2.05, 4.69) is 108 Å². The van der Waals surface area contributed by atoms with Crippen LogP contribution in [0.25, 0.3) is 61.9 Å². The van der Waals surface area contributed by atoms with Gasteiger partial charge in [0.1, 0.15) is 23.0 Å². The molecule has 0 saturated heterocycles. The van der Waals surface area contributed by atoms with Crippen molar-refractivity contribution < 1.29 is 18.9 Å². The van der Waals surface area contributed by atoms with Gasteiger partial charge < -0.3 is 18.9 Å². The third-order valence-electron chi connectivity index (χ3n) is 17.4. The standard InChI is InChI=1S/C38H55BrO2S2.C38H56O2S2/c1-3-5-7-9-11-13-15-17-19-21-24-40-32-27-30-23-26-42-37(30)35-33(28-31-29-34(39)43-38(31)36(32)35)41-25-22-20-18-16-14-12-10-8-6-4-2;1-3-5-7-9-11-13-15-17-19-21-25-39-33-29-31-23-27-42-38(31)36-34(30-32-24-28-41-37(32)35(33)36)40-26-22-20-18-16-14-12-10-8-6-4-2/h23,26-29H,3-22,24-25H2,1-2H3;23-24,27-30H,3-22,25-26H2,1-2H3. The molecule has 0 aliphatic rings. The summed E-state index contributed by atoms with van der Waals surface area (Å²) in [6, 6.07) is 18.0. The summed E-state index contributed by atoms with van der Waals surface area (Å²) in [7, 11) is 0. The van der Waals surface area contributed by atoms with Crippen molar-refractivity contribution in [3.63, 3.8) is 0 Å². The van der Waals surface area contributed by atoms with E-state index in [-0.39, 0.29) is 0 Å². The number of rotatable bonds is 48. The average molecular weight is 1300 g/mol. The van der Waals surface area contributed by atoms with Gasteiger partial charge in [-0.25, -0.2) is 0 Å². The Morgan fingerprint density at radius 1 is 0.271 bits per heavy atom. The molecule has 470 valence electrons. The van der Waals surface area contributed by atoms with Crippen LogP contribution in [0.4, 0.5) is 0 Å². The molecule has 8 aromatic rings. The monoisotopic (exact) mass is 1290 g/mol. The van der Waals surface area contributed by atoms with Crippen molar-refractivity contribution in [3.05, 3.63) is 68.5 Å². The van der Waals surface area contributed by atoms with E-state index in [1.807, 2.05) is 34.0 Å². The molecule has 4 aromatic heterocycles. The normalized spacial score (nSPS) is 11.8. The molecule has 0 spiro atoms. The zero-order chi connectivity index (χ0) is 59.4. The fourth-order valence-electron chi connectivity index (χ4n) is 12.4. The van der Waals surface area contributed by atoms with Crippen LogP contribution in [0, 0.1) is 0 Å². The maximum atomic E-state index is 6.59. The SMILES string of the molecule is CCCCCCCCCCCCOc1cc2cc(Br)sc2c2c(OCCCCCCCCCCCC)cc3ccsc3c12.CCCCCCCCCCCCOc1cc2ccsc2c2c(OCCCCCCCCCCCC)cc3ccsc3c12. The third kappa shape index (κ3) is 23.3. The summed E-state index contributed by atoms with van der Waals surface area (Å²) < 4.78 is 32.7. The number of hydrogen-bond acceptors (Lipinski definition) is 8. The summed E-state index contributed by atoms with van der Waals surface area (Å²) in [5.74, 6) is 4.09. The minimum absolute atomic E-state index is 0.777. The van der Waals surface area contributed by atoms with Gasteiger partial charge in [-0.15, -0.1) is 45.3 Å². The highest BCUT2D eigenvalue weighted by molar-refractivity contribution is 9.11. The highest BCUT2D eigenvalue weighted by Gasteiger charge is 2.21. The van der Waals surface area contributed by atoms with Crippen LogP contribution in [0.5, 0.6) is 23.0 Å². The van der Waals surface area contributed by atoms with Gasteiger partial charge in [-0.2, -0.15) is 0 Å². The van der Waals surface area contributed by atoms with E-state index in [0.29, 0.717) is 0 Å². The van der Waals surface area contributed by atoms with Crippen LogP contribution in [0.15, 0.2) is 68.5 Å². The minimum Gasteiger partial charge on any atom is -0.493 e. The van der Waals surface area contributed by atoms with Crippen molar-refractivity contribution in [2.24, 2.45) is 0 Å². The molecule has 0 amide bonds. The van der Waals surface area contributed by atoms with E-state index in [1.54, 1.807) is 11.3 Å². The fraction of sp³-hybridized carbons (Fsp3) is 0.632. The lowest BCUT2D eigenvalue weighted by Crippen LogP contribution is -2.00. The van der Waals surface area contributed by atoms with Gasteiger partial charge in [0, 0.05) is 40.3 Å². The molecule has 0 atom stereocenters. The molecule has 8 rings (SSSR count). The molecule has 0 unspecified atom stereocenters. The first kappa shape index (κ1) is 69.4. The number of unbranched alkanes of at least 4 members (excludes halogenated alkanes) is 36. The van der Waals surface area contributed by atoms with Gasteiger partial charge in [0.25, 0.3) is 0 Å². The zero-order valence-corrected chi connectivity index (χ0v) is 58.5. The predicted octanol–water partition coefficient (Wildman–Crippen LogP) is 28.5. The Bertz CT molecular complexity index is 2910. The molecule has 9 heteroatoms. The van der Waals surface area contributed by atoms with Gasteiger partial charge in [0.05, 0.1) is 30.2 Å². The van der Waals surface area contributed by atoms with Gasteiger partial charge in [-0.1, -0.05) is 259 Å². The van der Waals surface area contributed by atoms with Crippen LogP contribution in [-0.4, -0.2) is 26.4 Å². The second-order valence-corrected chi connectivity index (χ2v) is 29.8. The Hall–Kier alpha value is -3.08. The second kappa shape index (κ2) is 42.0. The van der Waals surface area contributed by atoms with Crippen molar-refractivity contribution in [2.75, 3.05) is 26.4 Å². The van der Waals surface area contributed by atoms with Crippen LogP contribution >= 0.6 is 61.3 Å². The highest BCUT2D eigenvalue weighted by Crippen LogP contribution is 2.49. The number of fused-ring (bicyclic) bond motifs is 10. The van der Waals surface area contributed by atoms with E-state index in [4.69, 9.17) is 18.9 Å². The van der Waals surface area contributed by atoms with Crippen molar-refractivity contribution >= 4 is 123 Å². The number of hydrogen-bond donors (Lipinski definition) is 0. The number of ether oxygens (including phenoxy) is 4. The van der Waals surface area contributed by atoms with Gasteiger partial charge in [-0.3, -0.25) is 0 Å². The first-order valence-corrected chi connectivity index (χ1v) is 39.2. The molecule has 0 saturated carbocycles. The molecule has 0 aliphatic carbocycles. The molecule has 0 aliphatic heterocycles. The quantitative estimate of drug-likeness (QED) is 0.0356. The van der Waals surface area contributed by atoms with Gasteiger partial charge >= 0.3 is 0 Å². The van der Waals surface area contributed by atoms with Crippen molar-refractivity contribution in [1.29, 1.82) is 0 Å². The van der Waals surface area contributed by atoms with Gasteiger partial charge in [-0.05, 0) is 128 Å². The van der Waals surface area contributed by atoms with E-state index in [1.165, 1.54) is 293 Å². The summed E-state index contributed by atoms with van der Waals surface area (Å²) in [6.45, 7) is 12.3. The number of thiophene rings is 4. The van der Waals surface area contributed by atoms with Gasteiger partial charge in [0.15, 0.2) is 0 Å². The summed E-state index contributed by atoms with van der Waals surface area (Å²) in [6.07, 6.45) is 53.6. The molecule has 85 heavy (non-hydrogen) atoms. The first-order chi connectivity index (χ1) is 42.1. The molecule has 4 aromatic carbocycles. The van der Waals surface area contributed by atoms with E-state index >= 15 is 0 Å². The lowest BCUT2D eigenvalue weighted by Gasteiger charge is -2.15. The minimum atomic E-state index is 0.777. The maximum absolute atomic E-state index is 6.59. The van der Waals surface area contributed by atoms with Crippen LogP contribution in [0.2, 0.25) is 0 Å². The molecule has 4 nitrogen and oxygen atoms in total. The lowest BCUT2D eigenvalue weighted by atomic mass is 10.0. The lowest BCUT2D eigenvalue weighted by molar-refractivity contribution is 0.305. The predicted molar refractivity (Wildman–Crippen MR) is 386 cm³/mol. The largest absolute Gasteiger partial charge is 0.493 e. The first-order valence-electron chi connectivity index (χ1n) is 35.0. The molecule has 0 fully saturated rings. The molecular weight excluding hydrogens is 1190 g/mol. The van der Waals surface area contributed by atoms with E-state index in [0.717, 1.165) is 78.9 Å². The maximum Gasteiger partial charge on any atom is 0.129 e. The molecular formula is C76H111BrO4S4. The Kier molecular flexibility index (Phi) is 34.3.